The van der Waals surface area contributed by atoms with Crippen LogP contribution in [0.3, 0.4) is 0 Å². The summed E-state index contributed by atoms with van der Waals surface area (Å²) in [6.07, 6.45) is 1.80. The molecule has 1 heterocycles. The van der Waals surface area contributed by atoms with Crippen LogP contribution in [0.5, 0.6) is 5.75 Å². The predicted molar refractivity (Wildman–Crippen MR) is 82.8 cm³/mol. The normalized spacial score (nSPS) is 12.2. The molecule has 0 unspecified atom stereocenters. The molecule has 3 aromatic rings. The molecule has 0 radical (unpaired) electrons. The zero-order valence-electron chi connectivity index (χ0n) is 12.2. The summed E-state index contributed by atoms with van der Waals surface area (Å²) in [5.74, 6) is -0.643. The van der Waals surface area contributed by atoms with Crippen LogP contribution in [0.2, 0.25) is 0 Å². The minimum atomic E-state index is -1.07. The Bertz CT molecular complexity index is 807. The molecule has 3 rings (SSSR count). The van der Waals surface area contributed by atoms with Crippen molar-refractivity contribution < 1.29 is 14.6 Å². The van der Waals surface area contributed by atoms with E-state index in [-0.39, 0.29) is 12.3 Å². The highest BCUT2D eigenvalue weighted by Crippen LogP contribution is 2.34. The van der Waals surface area contributed by atoms with Gasteiger partial charge in [0.2, 0.25) is 0 Å². The molecule has 1 atom stereocenters. The van der Waals surface area contributed by atoms with Crippen LogP contribution in [0.25, 0.3) is 10.9 Å². The highest BCUT2D eigenvalue weighted by atomic mass is 16.5. The molecule has 0 saturated heterocycles. The number of aromatic nitrogens is 1. The summed E-state index contributed by atoms with van der Waals surface area (Å²) in [6.45, 7) is 0. The van der Waals surface area contributed by atoms with Gasteiger partial charge in [-0.3, -0.25) is 0 Å². The second-order valence-electron chi connectivity index (χ2n) is 5.19. The van der Waals surface area contributed by atoms with Gasteiger partial charge in [-0.25, -0.2) is 0 Å². The Kier molecular flexibility index (Phi) is 3.83. The van der Waals surface area contributed by atoms with Gasteiger partial charge in [-0.1, -0.05) is 30.3 Å². The number of benzene rings is 2. The molecule has 0 saturated carbocycles. The zero-order chi connectivity index (χ0) is 15.5. The van der Waals surface area contributed by atoms with Crippen LogP contribution in [0.15, 0.2) is 54.7 Å². The molecule has 0 spiro atoms. The van der Waals surface area contributed by atoms with Crippen molar-refractivity contribution in [1.29, 1.82) is 0 Å². The van der Waals surface area contributed by atoms with E-state index in [1.807, 2.05) is 54.7 Å². The van der Waals surface area contributed by atoms with Crippen molar-refractivity contribution in [3.63, 3.8) is 0 Å². The van der Waals surface area contributed by atoms with Crippen LogP contribution in [-0.2, 0) is 4.79 Å². The second-order valence-corrected chi connectivity index (χ2v) is 5.19. The number of carboxylic acids is 1. The molecule has 1 aromatic heterocycles. The van der Waals surface area contributed by atoms with Gasteiger partial charge in [0, 0.05) is 29.0 Å². The average Bonchev–Trinajstić information content (AvgIpc) is 2.96. The van der Waals surface area contributed by atoms with Gasteiger partial charge < -0.3 is 19.6 Å². The van der Waals surface area contributed by atoms with Gasteiger partial charge in [-0.2, -0.15) is 0 Å². The number of aliphatic carboxylic acids is 1. The molecular formula is C18H16NO3-. The number of carbonyl (C=O) groups is 1. The highest BCUT2D eigenvalue weighted by molar-refractivity contribution is 5.85. The number of methoxy groups -OCH3 is 1. The Hall–Kier alpha value is -2.75. The number of carboxylic acid groups (broad SMARTS) is 1. The molecule has 4 heteroatoms. The number of H-pyrrole nitrogens is 1. The van der Waals surface area contributed by atoms with Gasteiger partial charge in [0.15, 0.2) is 0 Å². The third-order valence-corrected chi connectivity index (χ3v) is 3.86. The van der Waals surface area contributed by atoms with Crippen molar-refractivity contribution in [3.8, 4) is 5.75 Å². The maximum atomic E-state index is 11.2. The first kappa shape index (κ1) is 14.2. The molecule has 1 N–H and O–H groups in total. The quantitative estimate of drug-likeness (QED) is 0.786. The van der Waals surface area contributed by atoms with Crippen molar-refractivity contribution >= 4 is 16.9 Å². The van der Waals surface area contributed by atoms with Crippen molar-refractivity contribution in [2.45, 2.75) is 12.3 Å². The maximum Gasteiger partial charge on any atom is 0.119 e. The van der Waals surface area contributed by atoms with Crippen LogP contribution in [0.4, 0.5) is 0 Å². The van der Waals surface area contributed by atoms with Gasteiger partial charge in [-0.05, 0) is 35.7 Å². The largest absolute Gasteiger partial charge is 0.550 e. The van der Waals surface area contributed by atoms with Crippen LogP contribution in [0, 0.1) is 0 Å². The van der Waals surface area contributed by atoms with E-state index in [1.165, 1.54) is 0 Å². The van der Waals surface area contributed by atoms with Crippen molar-refractivity contribution in [3.05, 3.63) is 65.9 Å². The molecule has 22 heavy (non-hydrogen) atoms. The van der Waals surface area contributed by atoms with Crippen LogP contribution < -0.4 is 9.84 Å². The van der Waals surface area contributed by atoms with Gasteiger partial charge in [0.1, 0.15) is 5.75 Å². The van der Waals surface area contributed by atoms with E-state index in [0.717, 1.165) is 22.0 Å². The van der Waals surface area contributed by atoms with E-state index in [9.17, 15) is 9.90 Å². The Morgan fingerprint density at radius 2 is 2.05 bits per heavy atom. The van der Waals surface area contributed by atoms with Crippen LogP contribution in [-0.4, -0.2) is 18.1 Å². The smallest absolute Gasteiger partial charge is 0.119 e. The molecule has 0 amide bonds. The molecule has 2 aromatic carbocycles. The predicted octanol–water partition coefficient (Wildman–Crippen LogP) is 2.45. The standard InChI is InChI=1S/C18H17NO3/c1-22-13-6-4-5-12(9-13)15(10-18(20)21)16-11-19-17-8-3-2-7-14(16)17/h2-9,11,15,19H,10H2,1H3,(H,20,21)/p-1/t15-/m0/s1. The molecule has 0 bridgehead atoms. The number of rotatable bonds is 5. The number of nitrogens with one attached hydrogen (secondary N) is 1. The van der Waals surface area contributed by atoms with Crippen molar-refractivity contribution in [1.82, 2.24) is 4.98 Å². The number of aromatic amines is 1. The van der Waals surface area contributed by atoms with Gasteiger partial charge in [0.25, 0.3) is 0 Å². The van der Waals surface area contributed by atoms with Gasteiger partial charge in [-0.15, -0.1) is 0 Å². The number of ether oxygens (including phenoxy) is 1. The fourth-order valence-electron chi connectivity index (χ4n) is 2.81. The Balaban J connectivity index is 2.11. The van der Waals surface area contributed by atoms with Crippen LogP contribution >= 0.6 is 0 Å². The zero-order valence-corrected chi connectivity index (χ0v) is 12.2. The van der Waals surface area contributed by atoms with E-state index in [4.69, 9.17) is 4.74 Å². The molecule has 0 aliphatic rings. The third kappa shape index (κ3) is 2.68. The summed E-state index contributed by atoms with van der Waals surface area (Å²) in [4.78, 5) is 14.4. The van der Waals surface area contributed by atoms with E-state index >= 15 is 0 Å². The second kappa shape index (κ2) is 5.93. The molecular weight excluding hydrogens is 278 g/mol. The first-order valence-corrected chi connectivity index (χ1v) is 7.09. The lowest BCUT2D eigenvalue weighted by molar-refractivity contribution is -0.305. The summed E-state index contributed by atoms with van der Waals surface area (Å²) in [6, 6.07) is 15.3. The fraction of sp³-hybridized carbons (Fsp3) is 0.167. The first-order chi connectivity index (χ1) is 10.7. The summed E-state index contributed by atoms with van der Waals surface area (Å²) >= 11 is 0. The molecule has 0 fully saturated rings. The molecule has 0 aliphatic heterocycles. The third-order valence-electron chi connectivity index (χ3n) is 3.86. The van der Waals surface area contributed by atoms with Gasteiger partial charge >= 0.3 is 0 Å². The van der Waals surface area contributed by atoms with E-state index < -0.39 is 5.97 Å². The Morgan fingerprint density at radius 1 is 1.23 bits per heavy atom. The summed E-state index contributed by atoms with van der Waals surface area (Å²) in [5, 5.41) is 12.2. The van der Waals surface area contributed by atoms with E-state index in [0.29, 0.717) is 5.75 Å². The van der Waals surface area contributed by atoms with Crippen molar-refractivity contribution in [2.75, 3.05) is 7.11 Å². The lowest BCUT2D eigenvalue weighted by Gasteiger charge is -2.18. The van der Waals surface area contributed by atoms with E-state index in [2.05, 4.69) is 4.98 Å². The number of carbonyl (C=O) groups excluding carboxylic acids is 1. The fourth-order valence-corrected chi connectivity index (χ4v) is 2.81. The molecule has 0 aliphatic carbocycles. The van der Waals surface area contributed by atoms with Crippen LogP contribution in [0.1, 0.15) is 23.5 Å². The molecule has 4 nitrogen and oxygen atoms in total. The first-order valence-electron chi connectivity index (χ1n) is 7.09. The number of hydrogen-bond donors (Lipinski definition) is 1. The monoisotopic (exact) mass is 294 g/mol. The number of hydrogen-bond acceptors (Lipinski definition) is 3. The molecule has 112 valence electrons. The average molecular weight is 294 g/mol. The maximum absolute atomic E-state index is 11.2. The number of para-hydroxylation sites is 1. The lowest BCUT2D eigenvalue weighted by atomic mass is 9.88. The summed E-state index contributed by atoms with van der Waals surface area (Å²) in [7, 11) is 1.60. The Labute approximate surface area is 128 Å². The summed E-state index contributed by atoms with van der Waals surface area (Å²) < 4.78 is 5.24. The summed E-state index contributed by atoms with van der Waals surface area (Å²) in [5.41, 5.74) is 2.84. The SMILES string of the molecule is COc1cccc([C@H](CC(=O)[O-])c2c[nH]c3ccccc23)c1. The Morgan fingerprint density at radius 3 is 2.82 bits per heavy atom. The number of fused-ring (bicyclic) bond motifs is 1. The van der Waals surface area contributed by atoms with E-state index in [1.54, 1.807) is 7.11 Å². The minimum absolute atomic E-state index is 0.0744. The van der Waals surface area contributed by atoms with Crippen molar-refractivity contribution in [2.24, 2.45) is 0 Å². The highest BCUT2D eigenvalue weighted by Gasteiger charge is 2.18. The minimum Gasteiger partial charge on any atom is -0.550 e. The van der Waals surface area contributed by atoms with Gasteiger partial charge in [0.05, 0.1) is 7.11 Å². The topological polar surface area (TPSA) is 65.2 Å². The lowest BCUT2D eigenvalue weighted by Crippen LogP contribution is -2.24.